The molecule has 114 valence electrons. The molecule has 3 N–H and O–H groups in total. The van der Waals surface area contributed by atoms with E-state index in [1.54, 1.807) is 11.9 Å². The summed E-state index contributed by atoms with van der Waals surface area (Å²) in [5, 5.41) is 2.77. The molecule has 0 saturated carbocycles. The number of hydrazine groups is 1. The Bertz CT molecular complexity index is 626. The molecular formula is C12H14F3N5S. The van der Waals surface area contributed by atoms with Gasteiger partial charge >= 0.3 is 6.18 Å². The Kier molecular flexibility index (Phi) is 4.33. The molecule has 2 rings (SSSR count). The van der Waals surface area contributed by atoms with E-state index in [0.717, 1.165) is 22.8 Å². The fourth-order valence-electron chi connectivity index (χ4n) is 1.75. The fraction of sp³-hybridized carbons (Fsp3) is 0.333. The Morgan fingerprint density at radius 2 is 2.05 bits per heavy atom. The largest absolute Gasteiger partial charge is 0.416 e. The summed E-state index contributed by atoms with van der Waals surface area (Å²) in [6, 6.07) is 1.85. The van der Waals surface area contributed by atoms with Crippen LogP contribution < -0.4 is 16.2 Å². The summed E-state index contributed by atoms with van der Waals surface area (Å²) in [6.07, 6.45) is -4.46. The predicted octanol–water partition coefficient (Wildman–Crippen LogP) is 2.79. The van der Waals surface area contributed by atoms with Gasteiger partial charge in [-0.15, -0.1) is 11.3 Å². The lowest BCUT2D eigenvalue weighted by molar-refractivity contribution is -0.137. The van der Waals surface area contributed by atoms with Crippen molar-refractivity contribution in [2.75, 3.05) is 17.4 Å². The van der Waals surface area contributed by atoms with Crippen molar-refractivity contribution in [3.63, 3.8) is 0 Å². The number of nitrogens with two attached hydrogens (primary N) is 1. The number of pyridine rings is 1. The molecule has 5 nitrogen and oxygen atoms in total. The molecule has 0 spiro atoms. The highest BCUT2D eigenvalue weighted by Gasteiger charge is 2.32. The molecule has 9 heteroatoms. The average Bonchev–Trinajstić information content (AvgIpc) is 2.82. The van der Waals surface area contributed by atoms with Crippen molar-refractivity contribution in [1.29, 1.82) is 0 Å². The molecular weight excluding hydrogens is 303 g/mol. The minimum atomic E-state index is -4.46. The number of anilines is 2. The van der Waals surface area contributed by atoms with Crippen molar-refractivity contribution in [2.24, 2.45) is 5.84 Å². The second-order valence-electron chi connectivity index (χ2n) is 4.46. The van der Waals surface area contributed by atoms with Crippen LogP contribution in [0.15, 0.2) is 17.5 Å². The SMILES string of the molecule is Cc1nc(CN(C)c2cc(C(F)(F)F)cc(NN)n2)cs1. The van der Waals surface area contributed by atoms with E-state index in [2.05, 4.69) is 15.4 Å². The third-order valence-electron chi connectivity index (χ3n) is 2.74. The van der Waals surface area contributed by atoms with Gasteiger partial charge in [-0.3, -0.25) is 0 Å². The fourth-order valence-corrected chi connectivity index (χ4v) is 2.36. The molecule has 21 heavy (non-hydrogen) atoms. The number of rotatable bonds is 4. The molecule has 0 aromatic carbocycles. The van der Waals surface area contributed by atoms with Gasteiger partial charge in [0.25, 0.3) is 0 Å². The smallest absolute Gasteiger partial charge is 0.354 e. The highest BCUT2D eigenvalue weighted by atomic mass is 32.1. The van der Waals surface area contributed by atoms with Crippen LogP contribution in [0, 0.1) is 6.92 Å². The summed E-state index contributed by atoms with van der Waals surface area (Å²) in [6.45, 7) is 2.23. The monoisotopic (exact) mass is 317 g/mol. The molecule has 2 aromatic rings. The van der Waals surface area contributed by atoms with E-state index < -0.39 is 11.7 Å². The van der Waals surface area contributed by atoms with Gasteiger partial charge in [-0.05, 0) is 19.1 Å². The van der Waals surface area contributed by atoms with Gasteiger partial charge in [-0.1, -0.05) is 0 Å². The first-order valence-electron chi connectivity index (χ1n) is 5.97. The summed E-state index contributed by atoms with van der Waals surface area (Å²) in [5.41, 5.74) is 2.13. The molecule has 0 aliphatic rings. The maximum absolute atomic E-state index is 12.9. The lowest BCUT2D eigenvalue weighted by atomic mass is 10.2. The molecule has 0 aliphatic carbocycles. The lowest BCUT2D eigenvalue weighted by Gasteiger charge is -2.19. The van der Waals surface area contributed by atoms with Crippen LogP contribution in [-0.2, 0) is 12.7 Å². The second kappa shape index (κ2) is 5.86. The molecule has 0 bridgehead atoms. The summed E-state index contributed by atoms with van der Waals surface area (Å²) < 4.78 is 38.6. The number of nitrogens with zero attached hydrogens (tertiary/aromatic N) is 3. The number of hydrogen-bond acceptors (Lipinski definition) is 6. The van der Waals surface area contributed by atoms with Crippen molar-refractivity contribution in [3.05, 3.63) is 33.8 Å². The molecule has 0 saturated heterocycles. The first-order chi connectivity index (χ1) is 9.79. The normalized spacial score (nSPS) is 11.5. The van der Waals surface area contributed by atoms with Crippen LogP contribution in [0.1, 0.15) is 16.3 Å². The molecule has 0 amide bonds. The Morgan fingerprint density at radius 3 is 2.57 bits per heavy atom. The highest BCUT2D eigenvalue weighted by Crippen LogP contribution is 2.32. The molecule has 0 atom stereocenters. The zero-order chi connectivity index (χ0) is 15.6. The van der Waals surface area contributed by atoms with Crippen LogP contribution in [0.25, 0.3) is 0 Å². The van der Waals surface area contributed by atoms with Crippen molar-refractivity contribution in [2.45, 2.75) is 19.6 Å². The van der Waals surface area contributed by atoms with Gasteiger partial charge in [0.15, 0.2) is 0 Å². The minimum Gasteiger partial charge on any atom is -0.354 e. The van der Waals surface area contributed by atoms with E-state index in [0.29, 0.717) is 6.54 Å². The number of halogens is 3. The van der Waals surface area contributed by atoms with E-state index in [9.17, 15) is 13.2 Å². The quantitative estimate of drug-likeness (QED) is 0.670. The molecule has 0 aliphatic heterocycles. The number of aryl methyl sites for hydroxylation is 1. The van der Waals surface area contributed by atoms with E-state index in [1.165, 1.54) is 11.3 Å². The number of nitrogens with one attached hydrogen (secondary N) is 1. The molecule has 2 heterocycles. The van der Waals surface area contributed by atoms with Crippen molar-refractivity contribution in [3.8, 4) is 0 Å². The molecule has 0 fully saturated rings. The molecule has 0 unspecified atom stereocenters. The molecule has 2 aromatic heterocycles. The predicted molar refractivity (Wildman–Crippen MR) is 76.0 cm³/mol. The van der Waals surface area contributed by atoms with E-state index in [4.69, 9.17) is 5.84 Å². The van der Waals surface area contributed by atoms with Gasteiger partial charge in [0.1, 0.15) is 11.6 Å². The number of thiazole rings is 1. The zero-order valence-corrected chi connectivity index (χ0v) is 12.2. The van der Waals surface area contributed by atoms with E-state index in [-0.39, 0.29) is 11.6 Å². The van der Waals surface area contributed by atoms with Gasteiger partial charge in [0.2, 0.25) is 0 Å². The van der Waals surface area contributed by atoms with Gasteiger partial charge in [-0.25, -0.2) is 15.8 Å². The van der Waals surface area contributed by atoms with E-state index in [1.807, 2.05) is 12.3 Å². The summed E-state index contributed by atoms with van der Waals surface area (Å²) in [7, 11) is 1.65. The number of nitrogen functional groups attached to an aromatic ring is 1. The summed E-state index contributed by atoms with van der Waals surface area (Å²) >= 11 is 1.49. The van der Waals surface area contributed by atoms with Crippen molar-refractivity contribution >= 4 is 23.0 Å². The molecule has 0 radical (unpaired) electrons. The lowest BCUT2D eigenvalue weighted by Crippen LogP contribution is -2.20. The number of hydrogen-bond donors (Lipinski definition) is 2. The van der Waals surface area contributed by atoms with Crippen LogP contribution in [0.4, 0.5) is 24.8 Å². The zero-order valence-electron chi connectivity index (χ0n) is 11.4. The average molecular weight is 317 g/mol. The highest BCUT2D eigenvalue weighted by molar-refractivity contribution is 7.09. The first kappa shape index (κ1) is 15.5. The Morgan fingerprint density at radius 1 is 1.33 bits per heavy atom. The Hall–Kier alpha value is -1.87. The van der Waals surface area contributed by atoms with Crippen LogP contribution in [0.2, 0.25) is 0 Å². The summed E-state index contributed by atoms with van der Waals surface area (Å²) in [4.78, 5) is 9.90. The maximum atomic E-state index is 12.9. The van der Waals surface area contributed by atoms with Gasteiger partial charge in [0.05, 0.1) is 22.8 Å². The third-order valence-corrected chi connectivity index (χ3v) is 3.57. The topological polar surface area (TPSA) is 67.1 Å². The van der Waals surface area contributed by atoms with Crippen molar-refractivity contribution in [1.82, 2.24) is 9.97 Å². The van der Waals surface area contributed by atoms with Gasteiger partial charge in [0, 0.05) is 12.4 Å². The van der Waals surface area contributed by atoms with Gasteiger partial charge < -0.3 is 10.3 Å². The Balaban J connectivity index is 2.29. The van der Waals surface area contributed by atoms with E-state index >= 15 is 0 Å². The van der Waals surface area contributed by atoms with Crippen molar-refractivity contribution < 1.29 is 13.2 Å². The minimum absolute atomic E-state index is 0.0406. The number of alkyl halides is 3. The van der Waals surface area contributed by atoms with Crippen LogP contribution >= 0.6 is 11.3 Å². The van der Waals surface area contributed by atoms with Crippen LogP contribution in [0.3, 0.4) is 0 Å². The van der Waals surface area contributed by atoms with Crippen LogP contribution in [-0.4, -0.2) is 17.0 Å². The first-order valence-corrected chi connectivity index (χ1v) is 6.85. The third kappa shape index (κ3) is 3.82. The maximum Gasteiger partial charge on any atom is 0.416 e. The second-order valence-corrected chi connectivity index (χ2v) is 5.52. The van der Waals surface area contributed by atoms with Crippen LogP contribution in [0.5, 0.6) is 0 Å². The number of aromatic nitrogens is 2. The van der Waals surface area contributed by atoms with Gasteiger partial charge in [-0.2, -0.15) is 13.2 Å². The standard InChI is InChI=1S/C12H14F3N5S/c1-7-17-9(6-21-7)5-20(2)11-4-8(12(13,14)15)3-10(18-11)19-16/h3-4,6H,5,16H2,1-2H3,(H,18,19). The Labute approximate surface area is 123 Å². The summed E-state index contributed by atoms with van der Waals surface area (Å²) in [5.74, 6) is 5.31.